The molecule has 4 aromatic rings. The molecular formula is C23H21N3O. The first-order chi connectivity index (χ1) is 13.3. The fourth-order valence-electron chi connectivity index (χ4n) is 3.30. The molecule has 0 radical (unpaired) electrons. The minimum Gasteiger partial charge on any atom is -0.303 e. The van der Waals surface area contributed by atoms with E-state index in [-0.39, 0.29) is 5.91 Å². The van der Waals surface area contributed by atoms with Crippen LogP contribution in [-0.2, 0) is 13.0 Å². The molecule has 4 rings (SSSR count). The van der Waals surface area contributed by atoms with Crippen LogP contribution in [0, 0.1) is 0 Å². The number of hydrogen-bond acceptors (Lipinski definition) is 2. The topological polar surface area (TPSA) is 37.6 Å². The molecule has 0 fully saturated rings. The summed E-state index contributed by atoms with van der Waals surface area (Å²) in [4.78, 5) is 20.1. The Morgan fingerprint density at radius 3 is 2.30 bits per heavy atom. The van der Waals surface area contributed by atoms with Crippen molar-refractivity contribution in [2.24, 2.45) is 0 Å². The third-order valence-electron chi connectivity index (χ3n) is 4.64. The van der Waals surface area contributed by atoms with Gasteiger partial charge >= 0.3 is 0 Å². The fraction of sp³-hybridized carbons (Fsp3) is 0.130. The van der Waals surface area contributed by atoms with Gasteiger partial charge in [0.05, 0.1) is 12.2 Å². The molecular weight excluding hydrogens is 334 g/mol. The van der Waals surface area contributed by atoms with Crippen molar-refractivity contribution in [3.05, 3.63) is 102 Å². The van der Waals surface area contributed by atoms with Gasteiger partial charge in [-0.25, -0.2) is 4.98 Å². The standard InChI is InChI=1S/C23H21N3O/c1-2-20-22(25-16-10-9-15-21(25)24-20)23(27)26(19-13-7-4-8-14-19)17-18-11-5-3-6-12-18/h3-16H,2,17H2,1H3. The summed E-state index contributed by atoms with van der Waals surface area (Å²) < 4.78 is 1.89. The average Bonchev–Trinajstić information content (AvgIpc) is 3.11. The molecule has 0 aliphatic heterocycles. The van der Waals surface area contributed by atoms with Gasteiger partial charge in [0.2, 0.25) is 0 Å². The molecule has 1 amide bonds. The van der Waals surface area contributed by atoms with E-state index >= 15 is 0 Å². The van der Waals surface area contributed by atoms with E-state index in [2.05, 4.69) is 4.98 Å². The second kappa shape index (κ2) is 7.46. The van der Waals surface area contributed by atoms with Crippen LogP contribution in [0.1, 0.15) is 28.7 Å². The first-order valence-corrected chi connectivity index (χ1v) is 9.14. The zero-order valence-electron chi connectivity index (χ0n) is 15.2. The lowest BCUT2D eigenvalue weighted by Crippen LogP contribution is -2.32. The maximum Gasteiger partial charge on any atom is 0.277 e. The van der Waals surface area contributed by atoms with Gasteiger partial charge < -0.3 is 4.90 Å². The first-order valence-electron chi connectivity index (χ1n) is 9.14. The van der Waals surface area contributed by atoms with Crippen molar-refractivity contribution in [1.29, 1.82) is 0 Å². The van der Waals surface area contributed by atoms with Gasteiger partial charge in [-0.05, 0) is 36.2 Å². The number of pyridine rings is 1. The molecule has 0 unspecified atom stereocenters. The van der Waals surface area contributed by atoms with Gasteiger partial charge in [0, 0.05) is 11.9 Å². The van der Waals surface area contributed by atoms with Gasteiger partial charge in [-0.15, -0.1) is 0 Å². The fourth-order valence-corrected chi connectivity index (χ4v) is 3.30. The van der Waals surface area contributed by atoms with Crippen LogP contribution < -0.4 is 4.90 Å². The van der Waals surface area contributed by atoms with Crippen LogP contribution in [0.5, 0.6) is 0 Å². The minimum absolute atomic E-state index is 0.0411. The summed E-state index contributed by atoms with van der Waals surface area (Å²) >= 11 is 0. The maximum atomic E-state index is 13.7. The molecule has 4 heteroatoms. The van der Waals surface area contributed by atoms with E-state index in [1.54, 1.807) is 0 Å². The highest BCUT2D eigenvalue weighted by Gasteiger charge is 2.24. The Labute approximate surface area is 158 Å². The monoisotopic (exact) mass is 355 g/mol. The number of anilines is 1. The van der Waals surface area contributed by atoms with Crippen LogP contribution in [0.15, 0.2) is 85.1 Å². The Kier molecular flexibility index (Phi) is 4.71. The number of benzene rings is 2. The summed E-state index contributed by atoms with van der Waals surface area (Å²) in [6.07, 6.45) is 2.61. The van der Waals surface area contributed by atoms with Crippen molar-refractivity contribution < 1.29 is 4.79 Å². The van der Waals surface area contributed by atoms with E-state index in [0.29, 0.717) is 18.7 Å². The normalized spacial score (nSPS) is 10.9. The average molecular weight is 355 g/mol. The third kappa shape index (κ3) is 3.34. The summed E-state index contributed by atoms with van der Waals surface area (Å²) in [5, 5.41) is 0. The van der Waals surface area contributed by atoms with Gasteiger partial charge in [-0.1, -0.05) is 61.5 Å². The molecule has 0 atom stereocenters. The number of hydrogen-bond donors (Lipinski definition) is 0. The molecule has 134 valence electrons. The number of rotatable bonds is 5. The van der Waals surface area contributed by atoms with Crippen LogP contribution in [0.25, 0.3) is 5.65 Å². The molecule has 0 aliphatic carbocycles. The van der Waals surface area contributed by atoms with Crippen LogP contribution in [0.2, 0.25) is 0 Å². The Bertz CT molecular complexity index is 1050. The molecule has 0 aliphatic rings. The van der Waals surface area contributed by atoms with Crippen LogP contribution in [0.3, 0.4) is 0 Å². The molecule has 0 N–H and O–H groups in total. The number of amides is 1. The summed E-state index contributed by atoms with van der Waals surface area (Å²) in [6, 6.07) is 25.7. The summed E-state index contributed by atoms with van der Waals surface area (Å²) in [6.45, 7) is 2.54. The van der Waals surface area contributed by atoms with E-state index in [0.717, 1.165) is 22.6 Å². The Balaban J connectivity index is 1.82. The highest BCUT2D eigenvalue weighted by atomic mass is 16.2. The molecule has 0 saturated heterocycles. The highest BCUT2D eigenvalue weighted by Crippen LogP contribution is 2.23. The Morgan fingerprint density at radius 2 is 1.59 bits per heavy atom. The summed E-state index contributed by atoms with van der Waals surface area (Å²) in [7, 11) is 0. The molecule has 0 spiro atoms. The Morgan fingerprint density at radius 1 is 0.926 bits per heavy atom. The summed E-state index contributed by atoms with van der Waals surface area (Å²) in [5.74, 6) is -0.0411. The van der Waals surface area contributed by atoms with E-state index in [1.807, 2.05) is 101 Å². The van der Waals surface area contributed by atoms with Crippen molar-refractivity contribution in [1.82, 2.24) is 9.38 Å². The summed E-state index contributed by atoms with van der Waals surface area (Å²) in [5.41, 5.74) is 4.21. The molecule has 4 nitrogen and oxygen atoms in total. The predicted octanol–water partition coefficient (Wildman–Crippen LogP) is 4.74. The second-order valence-corrected chi connectivity index (χ2v) is 6.40. The lowest BCUT2D eigenvalue weighted by molar-refractivity contribution is 0.0978. The van der Waals surface area contributed by atoms with Crippen molar-refractivity contribution in [3.63, 3.8) is 0 Å². The van der Waals surface area contributed by atoms with Crippen molar-refractivity contribution in [2.75, 3.05) is 4.90 Å². The molecule has 2 aromatic carbocycles. The SMILES string of the molecule is CCc1nc2ccccn2c1C(=O)N(Cc1ccccc1)c1ccccc1. The molecule has 27 heavy (non-hydrogen) atoms. The van der Waals surface area contributed by atoms with Gasteiger partial charge in [0.15, 0.2) is 0 Å². The van der Waals surface area contributed by atoms with Crippen molar-refractivity contribution >= 4 is 17.2 Å². The maximum absolute atomic E-state index is 13.7. The molecule has 2 heterocycles. The van der Waals surface area contributed by atoms with Crippen LogP contribution in [-0.4, -0.2) is 15.3 Å². The van der Waals surface area contributed by atoms with Crippen molar-refractivity contribution in [3.8, 4) is 0 Å². The second-order valence-electron chi connectivity index (χ2n) is 6.40. The zero-order valence-corrected chi connectivity index (χ0v) is 15.2. The van der Waals surface area contributed by atoms with Crippen LogP contribution >= 0.6 is 0 Å². The number of aryl methyl sites for hydroxylation is 1. The first kappa shape index (κ1) is 17.0. The lowest BCUT2D eigenvalue weighted by Gasteiger charge is -2.23. The van der Waals surface area contributed by atoms with Gasteiger partial charge in [0.1, 0.15) is 11.3 Å². The highest BCUT2D eigenvalue weighted by molar-refractivity contribution is 6.06. The number of imidazole rings is 1. The molecule has 0 saturated carbocycles. The van der Waals surface area contributed by atoms with E-state index < -0.39 is 0 Å². The minimum atomic E-state index is -0.0411. The van der Waals surface area contributed by atoms with E-state index in [1.165, 1.54) is 0 Å². The number of para-hydroxylation sites is 1. The quantitative estimate of drug-likeness (QED) is 0.518. The van der Waals surface area contributed by atoms with Gasteiger partial charge in [0.25, 0.3) is 5.91 Å². The number of aromatic nitrogens is 2. The number of fused-ring (bicyclic) bond motifs is 1. The molecule has 2 aromatic heterocycles. The predicted molar refractivity (Wildman–Crippen MR) is 108 cm³/mol. The third-order valence-corrected chi connectivity index (χ3v) is 4.64. The van der Waals surface area contributed by atoms with E-state index in [4.69, 9.17) is 0 Å². The van der Waals surface area contributed by atoms with Gasteiger partial charge in [-0.2, -0.15) is 0 Å². The number of nitrogens with zero attached hydrogens (tertiary/aromatic N) is 3. The number of carbonyl (C=O) groups is 1. The Hall–Kier alpha value is -3.40. The van der Waals surface area contributed by atoms with Crippen LogP contribution in [0.4, 0.5) is 5.69 Å². The van der Waals surface area contributed by atoms with Crippen molar-refractivity contribution in [2.45, 2.75) is 19.9 Å². The molecule has 0 bridgehead atoms. The number of carbonyl (C=O) groups excluding carboxylic acids is 1. The van der Waals surface area contributed by atoms with E-state index in [9.17, 15) is 4.79 Å². The largest absolute Gasteiger partial charge is 0.303 e. The smallest absolute Gasteiger partial charge is 0.277 e. The zero-order chi connectivity index (χ0) is 18.6. The van der Waals surface area contributed by atoms with Gasteiger partial charge in [-0.3, -0.25) is 9.20 Å². The lowest BCUT2D eigenvalue weighted by atomic mass is 10.1.